The van der Waals surface area contributed by atoms with Gasteiger partial charge in [-0.05, 0) is 30.5 Å². The first-order chi connectivity index (χ1) is 13.0. The molecule has 140 valence electrons. The molecule has 27 heavy (non-hydrogen) atoms. The molecule has 0 amide bonds. The van der Waals surface area contributed by atoms with E-state index in [1.54, 1.807) is 36.4 Å². The molecule has 1 atom stereocenters. The predicted octanol–water partition coefficient (Wildman–Crippen LogP) is 4.46. The van der Waals surface area contributed by atoms with Crippen LogP contribution >= 0.6 is 0 Å². The number of Topliss-reactive ketones (excluding diaryl/α,β-unsaturated/α-hetero) is 1. The van der Waals surface area contributed by atoms with Crippen LogP contribution in [0.2, 0.25) is 0 Å². The molecule has 0 aliphatic carbocycles. The van der Waals surface area contributed by atoms with E-state index in [1.807, 2.05) is 6.92 Å². The molecule has 0 saturated heterocycles. The molecular formula is C22H22FNO3. The Balaban J connectivity index is 2.29. The van der Waals surface area contributed by atoms with E-state index in [4.69, 9.17) is 4.74 Å². The predicted molar refractivity (Wildman–Crippen MR) is 100 cm³/mol. The molecule has 0 N–H and O–H groups in total. The minimum absolute atomic E-state index is 0.0896. The smallest absolute Gasteiger partial charge is 0.316 e. The highest BCUT2D eigenvalue weighted by Crippen LogP contribution is 2.27. The summed E-state index contributed by atoms with van der Waals surface area (Å²) in [6.07, 6.45) is 1.94. The minimum atomic E-state index is -0.932. The number of nitrogens with zero attached hydrogens (tertiary/aromatic N) is 1. The molecular weight excluding hydrogens is 345 g/mol. The number of esters is 1. The molecule has 0 spiro atoms. The second-order valence-electron chi connectivity index (χ2n) is 6.32. The Kier molecular flexibility index (Phi) is 7.25. The number of nitriles is 1. The average Bonchev–Trinajstić information content (AvgIpc) is 2.69. The lowest BCUT2D eigenvalue weighted by atomic mass is 9.91. The molecule has 2 rings (SSSR count). The van der Waals surface area contributed by atoms with E-state index in [0.29, 0.717) is 35.1 Å². The maximum Gasteiger partial charge on any atom is 0.316 e. The van der Waals surface area contributed by atoms with Crippen molar-refractivity contribution in [3.05, 3.63) is 59.4 Å². The van der Waals surface area contributed by atoms with Crippen molar-refractivity contribution >= 4 is 11.8 Å². The summed E-state index contributed by atoms with van der Waals surface area (Å²) in [6.45, 7) is 1.97. The molecule has 0 heterocycles. The molecule has 0 fully saturated rings. The van der Waals surface area contributed by atoms with Crippen LogP contribution in [0.15, 0.2) is 42.5 Å². The van der Waals surface area contributed by atoms with Gasteiger partial charge in [-0.3, -0.25) is 9.59 Å². The van der Waals surface area contributed by atoms with Crippen LogP contribution in [0.25, 0.3) is 11.1 Å². The maximum atomic E-state index is 14.7. The third kappa shape index (κ3) is 5.01. The van der Waals surface area contributed by atoms with Gasteiger partial charge in [0.1, 0.15) is 17.5 Å². The molecule has 0 aliphatic heterocycles. The van der Waals surface area contributed by atoms with Gasteiger partial charge in [-0.25, -0.2) is 4.39 Å². The molecule has 0 saturated carbocycles. The first-order valence-electron chi connectivity index (χ1n) is 8.90. The summed E-state index contributed by atoms with van der Waals surface area (Å²) in [4.78, 5) is 24.3. The van der Waals surface area contributed by atoms with Crippen molar-refractivity contribution in [2.75, 3.05) is 7.11 Å². The Labute approximate surface area is 158 Å². The zero-order valence-electron chi connectivity index (χ0n) is 15.5. The second-order valence-corrected chi connectivity index (χ2v) is 6.32. The fourth-order valence-corrected chi connectivity index (χ4v) is 2.95. The number of hydrogen-bond donors (Lipinski definition) is 0. The molecule has 0 aliphatic rings. The summed E-state index contributed by atoms with van der Waals surface area (Å²) >= 11 is 0. The van der Waals surface area contributed by atoms with Crippen LogP contribution in [0.4, 0.5) is 4.39 Å². The molecule has 0 aromatic heterocycles. The maximum absolute atomic E-state index is 14.7. The molecule has 5 heteroatoms. The normalized spacial score (nSPS) is 11.5. The van der Waals surface area contributed by atoms with Gasteiger partial charge in [-0.15, -0.1) is 0 Å². The van der Waals surface area contributed by atoms with Crippen molar-refractivity contribution < 1.29 is 18.7 Å². The molecule has 0 radical (unpaired) electrons. The SMILES string of the molecule is CCCCC(=O)C(Cc1ccc(-c2ccccc2C#N)c(F)c1)C(=O)OC. The highest BCUT2D eigenvalue weighted by Gasteiger charge is 2.27. The summed E-state index contributed by atoms with van der Waals surface area (Å²) in [5, 5.41) is 9.20. The Morgan fingerprint density at radius 2 is 1.93 bits per heavy atom. The lowest BCUT2D eigenvalue weighted by Gasteiger charge is -2.14. The van der Waals surface area contributed by atoms with Gasteiger partial charge in [0.25, 0.3) is 0 Å². The number of benzene rings is 2. The summed E-state index contributed by atoms with van der Waals surface area (Å²) in [6, 6.07) is 13.4. The Bertz CT molecular complexity index is 870. The summed E-state index contributed by atoms with van der Waals surface area (Å²) in [7, 11) is 1.24. The standard InChI is InChI=1S/C22H22FNO3/c1-3-4-9-21(25)19(22(26)27-2)12-15-10-11-18(20(23)13-15)17-8-6-5-7-16(17)14-24/h5-8,10-11,13,19H,3-4,9,12H2,1-2H3. The van der Waals surface area contributed by atoms with Crippen LogP contribution in [-0.4, -0.2) is 18.9 Å². The van der Waals surface area contributed by atoms with Crippen LogP contribution in [0, 0.1) is 23.1 Å². The van der Waals surface area contributed by atoms with Gasteiger partial charge < -0.3 is 4.74 Å². The minimum Gasteiger partial charge on any atom is -0.468 e. The lowest BCUT2D eigenvalue weighted by Crippen LogP contribution is -2.27. The van der Waals surface area contributed by atoms with Crippen molar-refractivity contribution in [1.29, 1.82) is 5.26 Å². The third-order valence-electron chi connectivity index (χ3n) is 4.46. The number of carbonyl (C=O) groups excluding carboxylic acids is 2. The molecule has 4 nitrogen and oxygen atoms in total. The van der Waals surface area contributed by atoms with Gasteiger partial charge in [0.05, 0.1) is 18.7 Å². The van der Waals surface area contributed by atoms with Crippen molar-refractivity contribution in [1.82, 2.24) is 0 Å². The second kappa shape index (κ2) is 9.63. The molecule has 2 aromatic carbocycles. The number of methoxy groups -OCH3 is 1. The van der Waals surface area contributed by atoms with Gasteiger partial charge in [0.15, 0.2) is 0 Å². The van der Waals surface area contributed by atoms with Gasteiger partial charge in [0, 0.05) is 17.5 Å². The van der Waals surface area contributed by atoms with Gasteiger partial charge >= 0.3 is 5.97 Å². The number of ketones is 1. The number of halogens is 1. The van der Waals surface area contributed by atoms with Crippen molar-refractivity contribution in [2.24, 2.45) is 5.92 Å². The summed E-state index contributed by atoms with van der Waals surface area (Å²) in [5.74, 6) is -2.23. The van der Waals surface area contributed by atoms with Gasteiger partial charge in [-0.2, -0.15) is 5.26 Å². The van der Waals surface area contributed by atoms with E-state index in [-0.39, 0.29) is 12.2 Å². The molecule has 1 unspecified atom stereocenters. The average molecular weight is 367 g/mol. The Hall–Kier alpha value is -3.00. The first kappa shape index (κ1) is 20.3. The van der Waals surface area contributed by atoms with Gasteiger partial charge in [0.2, 0.25) is 0 Å². The quantitative estimate of drug-likeness (QED) is 0.510. The number of ether oxygens (including phenoxy) is 1. The number of hydrogen-bond acceptors (Lipinski definition) is 4. The van der Waals surface area contributed by atoms with Crippen molar-refractivity contribution in [2.45, 2.75) is 32.6 Å². The number of carbonyl (C=O) groups is 2. The highest BCUT2D eigenvalue weighted by molar-refractivity contribution is 5.99. The Morgan fingerprint density at radius 1 is 1.19 bits per heavy atom. The van der Waals surface area contributed by atoms with Crippen LogP contribution in [-0.2, 0) is 20.7 Å². The zero-order valence-corrected chi connectivity index (χ0v) is 15.5. The highest BCUT2D eigenvalue weighted by atomic mass is 19.1. The van der Waals surface area contributed by atoms with Crippen molar-refractivity contribution in [3.8, 4) is 17.2 Å². The number of unbranched alkanes of at least 4 members (excludes halogenated alkanes) is 1. The van der Waals surface area contributed by atoms with E-state index >= 15 is 0 Å². The Morgan fingerprint density at radius 3 is 2.56 bits per heavy atom. The molecule has 0 bridgehead atoms. The fourth-order valence-electron chi connectivity index (χ4n) is 2.95. The first-order valence-corrected chi connectivity index (χ1v) is 8.90. The zero-order chi connectivity index (χ0) is 19.8. The van der Waals surface area contributed by atoms with E-state index in [0.717, 1.165) is 6.42 Å². The topological polar surface area (TPSA) is 67.2 Å². The van der Waals surface area contributed by atoms with E-state index in [9.17, 15) is 19.2 Å². The van der Waals surface area contributed by atoms with Gasteiger partial charge in [-0.1, -0.05) is 43.7 Å². The summed E-state index contributed by atoms with van der Waals surface area (Å²) < 4.78 is 19.4. The van der Waals surface area contributed by atoms with E-state index < -0.39 is 17.7 Å². The number of rotatable bonds is 8. The van der Waals surface area contributed by atoms with E-state index in [2.05, 4.69) is 6.07 Å². The van der Waals surface area contributed by atoms with Crippen LogP contribution in [0.5, 0.6) is 0 Å². The monoisotopic (exact) mass is 367 g/mol. The van der Waals surface area contributed by atoms with Crippen LogP contribution in [0.3, 0.4) is 0 Å². The fraction of sp³-hybridized carbons (Fsp3) is 0.318. The van der Waals surface area contributed by atoms with E-state index in [1.165, 1.54) is 13.2 Å². The van der Waals surface area contributed by atoms with Crippen LogP contribution < -0.4 is 0 Å². The lowest BCUT2D eigenvalue weighted by molar-refractivity contribution is -0.149. The van der Waals surface area contributed by atoms with Crippen molar-refractivity contribution in [3.63, 3.8) is 0 Å². The van der Waals surface area contributed by atoms with Crippen LogP contribution in [0.1, 0.15) is 37.3 Å². The molecule has 2 aromatic rings. The summed E-state index contributed by atoms with van der Waals surface area (Å²) in [5.41, 5.74) is 1.73. The largest absolute Gasteiger partial charge is 0.468 e. The third-order valence-corrected chi connectivity index (χ3v) is 4.46.